The first kappa shape index (κ1) is 17.3. The largest absolute Gasteiger partial charge is 0.699 e. The van der Waals surface area contributed by atoms with Crippen molar-refractivity contribution in [3.63, 3.8) is 0 Å². The van der Waals surface area contributed by atoms with Gasteiger partial charge in [0.05, 0.1) is 0 Å². The van der Waals surface area contributed by atoms with E-state index in [1.807, 2.05) is 30.3 Å². The van der Waals surface area contributed by atoms with Gasteiger partial charge < -0.3 is 14.0 Å². The number of hydrogen-bond acceptors (Lipinski definition) is 3. The van der Waals surface area contributed by atoms with Crippen LogP contribution in [0.3, 0.4) is 0 Å². The highest BCUT2D eigenvalue weighted by molar-refractivity contribution is 6.81. The third-order valence-corrected chi connectivity index (χ3v) is 10.0. The predicted octanol–water partition coefficient (Wildman–Crippen LogP) is 4.23. The van der Waals surface area contributed by atoms with Gasteiger partial charge in [0.1, 0.15) is 5.75 Å². The maximum Gasteiger partial charge on any atom is 0.699 e. The van der Waals surface area contributed by atoms with Crippen LogP contribution in [0.1, 0.15) is 41.5 Å². The highest BCUT2D eigenvalue weighted by atomic mass is 28.4. The van der Waals surface area contributed by atoms with Crippen molar-refractivity contribution in [2.75, 3.05) is 0 Å². The molecule has 0 fully saturated rings. The molecule has 1 N–H and O–H groups in total. The summed E-state index contributed by atoms with van der Waals surface area (Å²) in [7, 11) is -3.32. The zero-order valence-electron chi connectivity index (χ0n) is 13.5. The second kappa shape index (κ2) is 7.29. The van der Waals surface area contributed by atoms with E-state index in [1.54, 1.807) is 0 Å². The Bertz CT molecular complexity index is 374. The Labute approximate surface area is 124 Å². The lowest BCUT2D eigenvalue weighted by atomic mass is 10.2. The molecule has 0 amide bonds. The standard InChI is InChI=1S/C15H27BO3Si/c1-12(2)20(13(3)4,14(5)6)19-16(17)18-15-10-8-7-9-11-15/h7-14,17H,1-6H3. The molecule has 0 bridgehead atoms. The fraction of sp³-hybridized carbons (Fsp3) is 0.600. The van der Waals surface area contributed by atoms with Crippen LogP contribution in [0, 0.1) is 0 Å². The minimum absolute atomic E-state index is 0.413. The van der Waals surface area contributed by atoms with E-state index in [2.05, 4.69) is 41.5 Å². The molecule has 0 heterocycles. The minimum Gasteiger partial charge on any atom is -0.513 e. The number of benzene rings is 1. The fourth-order valence-electron chi connectivity index (χ4n) is 3.22. The van der Waals surface area contributed by atoms with Gasteiger partial charge >= 0.3 is 7.32 Å². The van der Waals surface area contributed by atoms with E-state index in [4.69, 9.17) is 9.00 Å². The summed E-state index contributed by atoms with van der Waals surface area (Å²) in [4.78, 5) is 0. The third-order valence-electron chi connectivity index (χ3n) is 3.99. The van der Waals surface area contributed by atoms with E-state index in [0.717, 1.165) is 0 Å². The summed E-state index contributed by atoms with van der Waals surface area (Å²) in [6.07, 6.45) is 0. The average Bonchev–Trinajstić information content (AvgIpc) is 2.35. The number of rotatable bonds is 7. The number of hydrogen-bond donors (Lipinski definition) is 1. The molecule has 0 radical (unpaired) electrons. The monoisotopic (exact) mass is 294 g/mol. The normalized spacial score (nSPS) is 12.3. The maximum atomic E-state index is 10.2. The SMILES string of the molecule is CC(C)[Si](OB(O)Oc1ccccc1)(C(C)C)C(C)C. The van der Waals surface area contributed by atoms with Crippen LogP contribution in [-0.2, 0) is 4.34 Å². The first-order valence-corrected chi connectivity index (χ1v) is 9.52. The summed E-state index contributed by atoms with van der Waals surface area (Å²) < 4.78 is 11.6. The van der Waals surface area contributed by atoms with Crippen LogP contribution in [-0.4, -0.2) is 20.7 Å². The van der Waals surface area contributed by atoms with Gasteiger partial charge in [0.2, 0.25) is 0 Å². The second-order valence-corrected chi connectivity index (χ2v) is 11.6. The first-order chi connectivity index (χ1) is 9.30. The average molecular weight is 294 g/mol. The molecule has 0 spiro atoms. The van der Waals surface area contributed by atoms with E-state index >= 15 is 0 Å². The van der Waals surface area contributed by atoms with Crippen LogP contribution in [0.25, 0.3) is 0 Å². The molecule has 0 aliphatic rings. The zero-order chi connectivity index (χ0) is 15.3. The smallest absolute Gasteiger partial charge is 0.513 e. The van der Waals surface area contributed by atoms with Crippen molar-refractivity contribution >= 4 is 15.6 Å². The molecule has 0 saturated carbocycles. The van der Waals surface area contributed by atoms with E-state index in [1.165, 1.54) is 0 Å². The van der Waals surface area contributed by atoms with Gasteiger partial charge in [0.25, 0.3) is 0 Å². The van der Waals surface area contributed by atoms with Crippen LogP contribution in [0.15, 0.2) is 30.3 Å². The Morgan fingerprint density at radius 1 is 0.900 bits per heavy atom. The first-order valence-electron chi connectivity index (χ1n) is 7.38. The van der Waals surface area contributed by atoms with Crippen molar-refractivity contribution in [3.05, 3.63) is 30.3 Å². The third kappa shape index (κ3) is 3.87. The molecular formula is C15H27BO3Si. The van der Waals surface area contributed by atoms with Gasteiger partial charge in [0.15, 0.2) is 8.32 Å². The summed E-state index contributed by atoms with van der Waals surface area (Å²) in [5, 5.41) is 10.2. The van der Waals surface area contributed by atoms with Crippen LogP contribution in [0.4, 0.5) is 0 Å². The van der Waals surface area contributed by atoms with Crippen molar-refractivity contribution in [1.82, 2.24) is 0 Å². The molecule has 20 heavy (non-hydrogen) atoms. The van der Waals surface area contributed by atoms with Gasteiger partial charge in [-0.1, -0.05) is 59.7 Å². The Morgan fingerprint density at radius 3 is 1.75 bits per heavy atom. The van der Waals surface area contributed by atoms with E-state index in [0.29, 0.717) is 22.4 Å². The van der Waals surface area contributed by atoms with Crippen molar-refractivity contribution < 1.29 is 14.0 Å². The molecule has 0 unspecified atom stereocenters. The van der Waals surface area contributed by atoms with Crippen LogP contribution < -0.4 is 4.65 Å². The van der Waals surface area contributed by atoms with Crippen LogP contribution >= 0.6 is 0 Å². The Morgan fingerprint density at radius 2 is 1.35 bits per heavy atom. The zero-order valence-corrected chi connectivity index (χ0v) is 14.5. The predicted molar refractivity (Wildman–Crippen MR) is 87.2 cm³/mol. The van der Waals surface area contributed by atoms with Crippen molar-refractivity contribution in [3.8, 4) is 5.75 Å². The lowest BCUT2D eigenvalue weighted by Gasteiger charge is -2.42. The lowest BCUT2D eigenvalue weighted by Crippen LogP contribution is -2.53. The molecule has 0 saturated heterocycles. The van der Waals surface area contributed by atoms with Gasteiger partial charge in [-0.3, -0.25) is 0 Å². The fourth-order valence-corrected chi connectivity index (χ4v) is 8.44. The van der Waals surface area contributed by atoms with Crippen molar-refractivity contribution in [1.29, 1.82) is 0 Å². The van der Waals surface area contributed by atoms with E-state index in [-0.39, 0.29) is 0 Å². The molecular weight excluding hydrogens is 267 g/mol. The van der Waals surface area contributed by atoms with Gasteiger partial charge in [-0.15, -0.1) is 0 Å². The van der Waals surface area contributed by atoms with Crippen molar-refractivity contribution in [2.45, 2.75) is 58.2 Å². The molecule has 3 nitrogen and oxygen atoms in total. The quantitative estimate of drug-likeness (QED) is 0.765. The summed E-state index contributed by atoms with van der Waals surface area (Å²) in [5.41, 5.74) is 1.24. The molecule has 0 atom stereocenters. The van der Waals surface area contributed by atoms with Gasteiger partial charge in [-0.25, -0.2) is 0 Å². The molecule has 5 heteroatoms. The van der Waals surface area contributed by atoms with Crippen LogP contribution in [0.5, 0.6) is 5.75 Å². The van der Waals surface area contributed by atoms with E-state index in [9.17, 15) is 5.02 Å². The summed E-state index contributed by atoms with van der Waals surface area (Å²) in [5.74, 6) is 0.624. The molecule has 1 aromatic carbocycles. The highest BCUT2D eigenvalue weighted by Gasteiger charge is 2.48. The van der Waals surface area contributed by atoms with E-state index < -0.39 is 15.6 Å². The van der Waals surface area contributed by atoms with Gasteiger partial charge in [-0.05, 0) is 28.8 Å². The Hall–Kier alpha value is -0.778. The highest BCUT2D eigenvalue weighted by Crippen LogP contribution is 2.42. The Kier molecular flexibility index (Phi) is 6.30. The summed E-state index contributed by atoms with van der Waals surface area (Å²) >= 11 is 0. The summed E-state index contributed by atoms with van der Waals surface area (Å²) in [6, 6.07) is 9.29. The molecule has 112 valence electrons. The topological polar surface area (TPSA) is 38.7 Å². The second-order valence-electron chi connectivity index (χ2n) is 6.17. The molecule has 1 aromatic rings. The van der Waals surface area contributed by atoms with Crippen molar-refractivity contribution in [2.24, 2.45) is 0 Å². The molecule has 1 rings (SSSR count). The lowest BCUT2D eigenvalue weighted by molar-refractivity contribution is 0.280. The molecule has 0 aliphatic heterocycles. The number of para-hydroxylation sites is 1. The Balaban J connectivity index is 2.84. The van der Waals surface area contributed by atoms with Crippen LogP contribution in [0.2, 0.25) is 16.6 Å². The van der Waals surface area contributed by atoms with Gasteiger partial charge in [0, 0.05) is 0 Å². The van der Waals surface area contributed by atoms with Gasteiger partial charge in [-0.2, -0.15) is 0 Å². The minimum atomic E-state index is -2.12. The summed E-state index contributed by atoms with van der Waals surface area (Å²) in [6.45, 7) is 13.1. The molecule has 0 aliphatic carbocycles. The molecule has 0 aromatic heterocycles. The maximum absolute atomic E-state index is 10.2.